The van der Waals surface area contributed by atoms with Crippen molar-refractivity contribution in [1.29, 1.82) is 0 Å². The summed E-state index contributed by atoms with van der Waals surface area (Å²) in [4.78, 5) is 12.7. The first-order chi connectivity index (χ1) is 11.5. The normalized spacial score (nSPS) is 10.5. The number of hydrogen-bond acceptors (Lipinski definition) is 3. The molecule has 0 bridgehead atoms. The van der Waals surface area contributed by atoms with Crippen molar-refractivity contribution >= 4 is 11.6 Å². The summed E-state index contributed by atoms with van der Waals surface area (Å²) in [5.41, 5.74) is 4.66. The lowest BCUT2D eigenvalue weighted by Crippen LogP contribution is -2.16. The van der Waals surface area contributed by atoms with Crippen LogP contribution < -0.4 is 10.1 Å². The number of nitrogens with one attached hydrogen (secondary N) is 1. The van der Waals surface area contributed by atoms with E-state index in [0.29, 0.717) is 31.1 Å². The van der Waals surface area contributed by atoms with E-state index in [9.17, 15) is 4.79 Å². The molecule has 0 radical (unpaired) electrons. The van der Waals surface area contributed by atoms with Crippen molar-refractivity contribution in [3.05, 3.63) is 58.7 Å². The van der Waals surface area contributed by atoms with Crippen molar-refractivity contribution in [1.82, 2.24) is 0 Å². The van der Waals surface area contributed by atoms with Crippen LogP contribution in [0.4, 0.5) is 5.69 Å². The second kappa shape index (κ2) is 8.50. The van der Waals surface area contributed by atoms with Crippen LogP contribution in [0.2, 0.25) is 0 Å². The molecule has 24 heavy (non-hydrogen) atoms. The van der Waals surface area contributed by atoms with Gasteiger partial charge in [0.15, 0.2) is 0 Å². The molecule has 4 nitrogen and oxygen atoms in total. The Balaban J connectivity index is 2.16. The van der Waals surface area contributed by atoms with Gasteiger partial charge < -0.3 is 14.8 Å². The van der Waals surface area contributed by atoms with Crippen LogP contribution in [0.5, 0.6) is 5.75 Å². The monoisotopic (exact) mass is 327 g/mol. The van der Waals surface area contributed by atoms with Crippen LogP contribution in [-0.4, -0.2) is 25.7 Å². The van der Waals surface area contributed by atoms with Crippen molar-refractivity contribution in [3.63, 3.8) is 0 Å². The maximum absolute atomic E-state index is 12.7. The van der Waals surface area contributed by atoms with E-state index < -0.39 is 0 Å². The van der Waals surface area contributed by atoms with Crippen molar-refractivity contribution in [2.75, 3.05) is 25.1 Å². The molecule has 0 fully saturated rings. The fourth-order valence-corrected chi connectivity index (χ4v) is 2.69. The van der Waals surface area contributed by atoms with E-state index in [2.05, 4.69) is 17.4 Å². The quantitative estimate of drug-likeness (QED) is 0.772. The lowest BCUT2D eigenvalue weighted by atomic mass is 10.0. The molecular weight excluding hydrogens is 302 g/mol. The van der Waals surface area contributed by atoms with Crippen molar-refractivity contribution in [2.24, 2.45) is 0 Å². The molecule has 0 saturated carbocycles. The molecule has 1 N–H and O–H groups in total. The standard InChI is InChI=1S/C20H25NO3/c1-5-23-10-11-24-18-9-7-6-8-17(18)20(22)21-19-15(3)12-14(2)13-16(19)4/h6-9,12-13H,5,10-11H2,1-4H3,(H,21,22). The average Bonchev–Trinajstić information content (AvgIpc) is 2.55. The summed E-state index contributed by atoms with van der Waals surface area (Å²) in [5, 5.41) is 3.01. The summed E-state index contributed by atoms with van der Waals surface area (Å²) in [6.45, 7) is 9.56. The van der Waals surface area contributed by atoms with Gasteiger partial charge in [0.1, 0.15) is 12.4 Å². The number of ether oxygens (including phenoxy) is 2. The van der Waals surface area contributed by atoms with Crippen molar-refractivity contribution in [3.8, 4) is 5.75 Å². The molecule has 0 unspecified atom stereocenters. The van der Waals surface area contributed by atoms with Gasteiger partial charge in [-0.05, 0) is 51.0 Å². The lowest BCUT2D eigenvalue weighted by molar-refractivity contribution is 0.0998. The van der Waals surface area contributed by atoms with Crippen LogP contribution in [0.25, 0.3) is 0 Å². The minimum absolute atomic E-state index is 0.169. The fraction of sp³-hybridized carbons (Fsp3) is 0.350. The number of rotatable bonds is 7. The highest BCUT2D eigenvalue weighted by Crippen LogP contribution is 2.25. The maximum atomic E-state index is 12.7. The molecule has 0 aliphatic heterocycles. The zero-order valence-electron chi connectivity index (χ0n) is 14.8. The summed E-state index contributed by atoms with van der Waals surface area (Å²) < 4.78 is 11.0. The van der Waals surface area contributed by atoms with Gasteiger partial charge in [-0.15, -0.1) is 0 Å². The molecule has 2 rings (SSSR count). The van der Waals surface area contributed by atoms with E-state index in [0.717, 1.165) is 16.8 Å². The Labute approximate surface area is 143 Å². The van der Waals surface area contributed by atoms with Crippen molar-refractivity contribution < 1.29 is 14.3 Å². The minimum atomic E-state index is -0.169. The lowest BCUT2D eigenvalue weighted by Gasteiger charge is -2.15. The third-order valence-electron chi connectivity index (χ3n) is 3.74. The summed E-state index contributed by atoms with van der Waals surface area (Å²) in [6.07, 6.45) is 0. The van der Waals surface area contributed by atoms with Gasteiger partial charge >= 0.3 is 0 Å². The Hall–Kier alpha value is -2.33. The zero-order chi connectivity index (χ0) is 17.5. The second-order valence-corrected chi connectivity index (χ2v) is 5.77. The molecule has 1 amide bonds. The van der Waals surface area contributed by atoms with Crippen molar-refractivity contribution in [2.45, 2.75) is 27.7 Å². The topological polar surface area (TPSA) is 47.6 Å². The average molecular weight is 327 g/mol. The number of carbonyl (C=O) groups excluding carboxylic acids is 1. The Morgan fingerprint density at radius 2 is 1.71 bits per heavy atom. The Morgan fingerprint density at radius 3 is 2.38 bits per heavy atom. The molecule has 0 heterocycles. The summed E-state index contributed by atoms with van der Waals surface area (Å²) in [7, 11) is 0. The first-order valence-corrected chi connectivity index (χ1v) is 8.21. The molecule has 2 aromatic rings. The molecule has 0 aliphatic carbocycles. The number of para-hydroxylation sites is 1. The van der Waals surface area contributed by atoms with E-state index in [-0.39, 0.29) is 5.91 Å². The summed E-state index contributed by atoms with van der Waals surface area (Å²) in [6, 6.07) is 11.4. The van der Waals surface area contributed by atoms with Gasteiger partial charge in [0.2, 0.25) is 0 Å². The molecular formula is C20H25NO3. The van der Waals surface area contributed by atoms with E-state index >= 15 is 0 Å². The molecule has 4 heteroatoms. The minimum Gasteiger partial charge on any atom is -0.490 e. The second-order valence-electron chi connectivity index (χ2n) is 5.77. The van der Waals surface area contributed by atoms with Crippen LogP contribution in [0.1, 0.15) is 34.0 Å². The van der Waals surface area contributed by atoms with Crippen LogP contribution in [0, 0.1) is 20.8 Å². The van der Waals surface area contributed by atoms with Gasteiger partial charge in [0.05, 0.1) is 12.2 Å². The third kappa shape index (κ3) is 4.59. The molecule has 0 spiro atoms. The predicted octanol–water partition coefficient (Wildman–Crippen LogP) is 4.28. The van der Waals surface area contributed by atoms with Gasteiger partial charge in [0, 0.05) is 12.3 Å². The van der Waals surface area contributed by atoms with E-state index in [1.165, 1.54) is 5.56 Å². The number of aryl methyl sites for hydroxylation is 3. The first-order valence-electron chi connectivity index (χ1n) is 8.21. The Morgan fingerprint density at radius 1 is 1.04 bits per heavy atom. The molecule has 2 aromatic carbocycles. The first kappa shape index (κ1) is 18.0. The predicted molar refractivity (Wildman–Crippen MR) is 97.0 cm³/mol. The fourth-order valence-electron chi connectivity index (χ4n) is 2.69. The number of amides is 1. The van der Waals surface area contributed by atoms with E-state index in [4.69, 9.17) is 9.47 Å². The molecule has 0 aliphatic rings. The Bertz CT molecular complexity index is 687. The molecule has 0 saturated heterocycles. The van der Waals surface area contributed by atoms with Crippen LogP contribution in [-0.2, 0) is 4.74 Å². The summed E-state index contributed by atoms with van der Waals surface area (Å²) in [5.74, 6) is 0.397. The highest BCUT2D eigenvalue weighted by molar-refractivity contribution is 6.06. The van der Waals surface area contributed by atoms with Gasteiger partial charge in [-0.25, -0.2) is 0 Å². The highest BCUT2D eigenvalue weighted by atomic mass is 16.5. The van der Waals surface area contributed by atoms with Crippen LogP contribution in [0.3, 0.4) is 0 Å². The number of anilines is 1. The molecule has 0 aromatic heterocycles. The van der Waals surface area contributed by atoms with Crippen LogP contribution in [0.15, 0.2) is 36.4 Å². The number of carbonyl (C=O) groups is 1. The Kier molecular flexibility index (Phi) is 6.38. The highest BCUT2D eigenvalue weighted by Gasteiger charge is 2.14. The largest absolute Gasteiger partial charge is 0.490 e. The van der Waals surface area contributed by atoms with E-state index in [1.807, 2.05) is 39.8 Å². The smallest absolute Gasteiger partial charge is 0.259 e. The van der Waals surface area contributed by atoms with Gasteiger partial charge in [0.25, 0.3) is 5.91 Å². The third-order valence-corrected chi connectivity index (χ3v) is 3.74. The van der Waals surface area contributed by atoms with Crippen LogP contribution >= 0.6 is 0 Å². The zero-order valence-corrected chi connectivity index (χ0v) is 14.8. The number of benzene rings is 2. The maximum Gasteiger partial charge on any atom is 0.259 e. The van der Waals surface area contributed by atoms with Gasteiger partial charge in [-0.3, -0.25) is 4.79 Å². The summed E-state index contributed by atoms with van der Waals surface area (Å²) >= 11 is 0. The SMILES string of the molecule is CCOCCOc1ccccc1C(=O)Nc1c(C)cc(C)cc1C. The molecule has 0 atom stereocenters. The van der Waals surface area contributed by atoms with Gasteiger partial charge in [-0.1, -0.05) is 29.8 Å². The number of hydrogen-bond donors (Lipinski definition) is 1. The van der Waals surface area contributed by atoms with E-state index in [1.54, 1.807) is 12.1 Å². The van der Waals surface area contributed by atoms with Gasteiger partial charge in [-0.2, -0.15) is 0 Å². The molecule has 128 valence electrons.